The zero-order valence-electron chi connectivity index (χ0n) is 6.40. The van der Waals surface area contributed by atoms with Gasteiger partial charge in [-0.2, -0.15) is 0 Å². The van der Waals surface area contributed by atoms with Gasteiger partial charge in [-0.05, 0) is 18.2 Å². The van der Waals surface area contributed by atoms with Gasteiger partial charge in [0, 0.05) is 0 Å². The number of hydrogen-bond acceptors (Lipinski definition) is 3. The van der Waals surface area contributed by atoms with Crippen molar-refractivity contribution in [3.63, 3.8) is 0 Å². The Balaban J connectivity index is 0.000000845. The zero-order chi connectivity index (χ0) is 8.72. The van der Waals surface area contributed by atoms with E-state index >= 15 is 0 Å². The summed E-state index contributed by atoms with van der Waals surface area (Å²) in [5, 5.41) is 11.1. The molecular formula is C8H6ClNO3. The van der Waals surface area contributed by atoms with Crippen LogP contribution in [0.25, 0.3) is 0 Å². The van der Waals surface area contributed by atoms with Crippen molar-refractivity contribution in [2.75, 3.05) is 0 Å². The molecule has 1 heterocycles. The molecule has 13 heavy (non-hydrogen) atoms. The van der Waals surface area contributed by atoms with Crippen LogP contribution in [0.4, 0.5) is 0 Å². The maximum Gasteiger partial charge on any atom is 0.259 e. The SMILES string of the molecule is Cl.O=C1NC(=O)c2cc(O)ccc21. The number of imide groups is 1. The maximum absolute atomic E-state index is 11.0. The van der Waals surface area contributed by atoms with Crippen LogP contribution >= 0.6 is 12.4 Å². The predicted octanol–water partition coefficient (Wildman–Crippen LogP) is 0.698. The number of rotatable bonds is 0. The fraction of sp³-hybridized carbons (Fsp3) is 0. The molecule has 2 amide bonds. The van der Waals surface area contributed by atoms with Crippen LogP contribution in [0.1, 0.15) is 20.7 Å². The van der Waals surface area contributed by atoms with E-state index in [1.54, 1.807) is 0 Å². The lowest BCUT2D eigenvalue weighted by Crippen LogP contribution is -2.19. The molecule has 0 radical (unpaired) electrons. The molecule has 1 aromatic rings. The van der Waals surface area contributed by atoms with Gasteiger partial charge in [0.15, 0.2) is 0 Å². The molecule has 0 saturated carbocycles. The fourth-order valence-corrected chi connectivity index (χ4v) is 1.16. The summed E-state index contributed by atoms with van der Waals surface area (Å²) in [6, 6.07) is 4.07. The average molecular weight is 200 g/mol. The summed E-state index contributed by atoms with van der Waals surface area (Å²) in [4.78, 5) is 22.0. The molecule has 2 rings (SSSR count). The highest BCUT2D eigenvalue weighted by Gasteiger charge is 2.26. The van der Waals surface area contributed by atoms with Crippen LogP contribution in [0.5, 0.6) is 5.75 Å². The van der Waals surface area contributed by atoms with E-state index in [-0.39, 0.29) is 23.7 Å². The normalized spacial score (nSPS) is 13.2. The topological polar surface area (TPSA) is 66.4 Å². The molecule has 0 bridgehead atoms. The van der Waals surface area contributed by atoms with Gasteiger partial charge in [-0.1, -0.05) is 0 Å². The first-order chi connectivity index (χ1) is 5.68. The van der Waals surface area contributed by atoms with Crippen molar-refractivity contribution in [2.45, 2.75) is 0 Å². The number of halogens is 1. The number of aromatic hydroxyl groups is 1. The van der Waals surface area contributed by atoms with E-state index in [9.17, 15) is 9.59 Å². The minimum Gasteiger partial charge on any atom is -0.508 e. The molecule has 0 spiro atoms. The molecule has 0 aliphatic carbocycles. The molecule has 1 aliphatic heterocycles. The molecule has 68 valence electrons. The highest BCUT2D eigenvalue weighted by molar-refractivity contribution is 6.21. The Morgan fingerprint density at radius 2 is 1.69 bits per heavy atom. The summed E-state index contributed by atoms with van der Waals surface area (Å²) < 4.78 is 0. The summed E-state index contributed by atoms with van der Waals surface area (Å²) in [7, 11) is 0. The van der Waals surface area contributed by atoms with E-state index < -0.39 is 11.8 Å². The van der Waals surface area contributed by atoms with Gasteiger partial charge in [0.2, 0.25) is 0 Å². The Morgan fingerprint density at radius 3 is 2.38 bits per heavy atom. The summed E-state index contributed by atoms with van der Waals surface area (Å²) in [6.45, 7) is 0. The molecule has 1 aliphatic rings. The summed E-state index contributed by atoms with van der Waals surface area (Å²) in [5.41, 5.74) is 0.554. The third-order valence-electron chi connectivity index (χ3n) is 1.72. The second-order valence-corrected chi connectivity index (χ2v) is 2.51. The van der Waals surface area contributed by atoms with Gasteiger partial charge < -0.3 is 5.11 Å². The first-order valence-electron chi connectivity index (χ1n) is 3.37. The molecule has 0 atom stereocenters. The van der Waals surface area contributed by atoms with Crippen LogP contribution in [0, 0.1) is 0 Å². The quantitative estimate of drug-likeness (QED) is 0.605. The Kier molecular flexibility index (Phi) is 2.25. The molecule has 0 aromatic heterocycles. The predicted molar refractivity (Wildman–Crippen MR) is 47.2 cm³/mol. The lowest BCUT2D eigenvalue weighted by Gasteiger charge is -1.93. The molecule has 0 fully saturated rings. The van der Waals surface area contributed by atoms with E-state index in [4.69, 9.17) is 5.11 Å². The fourth-order valence-electron chi connectivity index (χ4n) is 1.16. The third-order valence-corrected chi connectivity index (χ3v) is 1.72. The van der Waals surface area contributed by atoms with Crippen LogP contribution in [0.2, 0.25) is 0 Å². The number of phenolic OH excluding ortho intramolecular Hbond substituents is 1. The van der Waals surface area contributed by atoms with Gasteiger partial charge in [-0.3, -0.25) is 14.9 Å². The van der Waals surface area contributed by atoms with Gasteiger partial charge in [0.25, 0.3) is 11.8 Å². The van der Waals surface area contributed by atoms with Crippen molar-refractivity contribution in [1.29, 1.82) is 0 Å². The van der Waals surface area contributed by atoms with E-state index in [1.807, 2.05) is 0 Å². The number of benzene rings is 1. The minimum absolute atomic E-state index is 0. The smallest absolute Gasteiger partial charge is 0.259 e. The molecule has 5 heteroatoms. The number of carbonyl (C=O) groups is 2. The number of fused-ring (bicyclic) bond motifs is 1. The van der Waals surface area contributed by atoms with E-state index in [1.165, 1.54) is 18.2 Å². The lowest BCUT2D eigenvalue weighted by atomic mass is 10.1. The highest BCUT2D eigenvalue weighted by Crippen LogP contribution is 2.20. The standard InChI is InChI=1S/C8H5NO3.ClH/c10-4-1-2-5-6(3-4)8(12)9-7(5)11;/h1-3,10H,(H,9,11,12);1H. The van der Waals surface area contributed by atoms with Gasteiger partial charge in [-0.15, -0.1) is 12.4 Å². The number of nitrogens with one attached hydrogen (secondary N) is 1. The molecule has 4 nitrogen and oxygen atoms in total. The van der Waals surface area contributed by atoms with Gasteiger partial charge >= 0.3 is 0 Å². The average Bonchev–Trinajstić information content (AvgIpc) is 2.28. The second-order valence-electron chi connectivity index (χ2n) is 2.51. The largest absolute Gasteiger partial charge is 0.508 e. The Morgan fingerprint density at radius 1 is 1.08 bits per heavy atom. The van der Waals surface area contributed by atoms with Crippen molar-refractivity contribution in [1.82, 2.24) is 5.32 Å². The number of phenols is 1. The first kappa shape index (κ1) is 9.54. The van der Waals surface area contributed by atoms with Crippen LogP contribution in [0.15, 0.2) is 18.2 Å². The monoisotopic (exact) mass is 199 g/mol. The molecule has 0 unspecified atom stereocenters. The highest BCUT2D eigenvalue weighted by atomic mass is 35.5. The summed E-state index contributed by atoms with van der Waals surface area (Å²) in [6.07, 6.45) is 0. The number of hydrogen-bond donors (Lipinski definition) is 2. The zero-order valence-corrected chi connectivity index (χ0v) is 7.22. The number of carbonyl (C=O) groups excluding carboxylic acids is 2. The van der Waals surface area contributed by atoms with Crippen LogP contribution in [-0.2, 0) is 0 Å². The van der Waals surface area contributed by atoms with Crippen molar-refractivity contribution in [3.8, 4) is 5.75 Å². The van der Waals surface area contributed by atoms with Crippen LogP contribution < -0.4 is 5.32 Å². The Bertz CT molecular complexity index is 389. The van der Waals surface area contributed by atoms with Gasteiger partial charge in [0.05, 0.1) is 11.1 Å². The third kappa shape index (κ3) is 1.36. The molecular weight excluding hydrogens is 194 g/mol. The Hall–Kier alpha value is -1.55. The van der Waals surface area contributed by atoms with Crippen molar-refractivity contribution in [2.24, 2.45) is 0 Å². The van der Waals surface area contributed by atoms with E-state index in [0.717, 1.165) is 0 Å². The first-order valence-corrected chi connectivity index (χ1v) is 3.37. The summed E-state index contributed by atoms with van der Waals surface area (Å²) >= 11 is 0. The van der Waals surface area contributed by atoms with Crippen molar-refractivity contribution >= 4 is 24.2 Å². The van der Waals surface area contributed by atoms with E-state index in [2.05, 4.69) is 5.32 Å². The lowest BCUT2D eigenvalue weighted by molar-refractivity contribution is 0.0879. The van der Waals surface area contributed by atoms with Gasteiger partial charge in [0.1, 0.15) is 5.75 Å². The molecule has 2 N–H and O–H groups in total. The number of amides is 2. The maximum atomic E-state index is 11.0. The van der Waals surface area contributed by atoms with Crippen molar-refractivity contribution in [3.05, 3.63) is 29.3 Å². The minimum atomic E-state index is -0.453. The molecule has 1 aromatic carbocycles. The molecule has 0 saturated heterocycles. The second kappa shape index (κ2) is 3.06. The summed E-state index contributed by atoms with van der Waals surface area (Å²) in [5.74, 6) is -0.875. The van der Waals surface area contributed by atoms with Crippen molar-refractivity contribution < 1.29 is 14.7 Å². The van der Waals surface area contributed by atoms with Crippen LogP contribution in [-0.4, -0.2) is 16.9 Å². The van der Waals surface area contributed by atoms with Crippen LogP contribution in [0.3, 0.4) is 0 Å². The Labute approximate surface area is 80.0 Å². The van der Waals surface area contributed by atoms with Gasteiger partial charge in [-0.25, -0.2) is 0 Å². The van der Waals surface area contributed by atoms with E-state index in [0.29, 0.717) is 5.56 Å².